The molecule has 0 bridgehead atoms. The van der Waals surface area contributed by atoms with Crippen molar-refractivity contribution in [3.05, 3.63) is 12.2 Å². The molecule has 9 heteroatoms. The fourth-order valence-electron chi connectivity index (χ4n) is 4.02. The zero-order valence-corrected chi connectivity index (χ0v) is 15.8. The molecule has 9 nitrogen and oxygen atoms in total. The Labute approximate surface area is 162 Å². The summed E-state index contributed by atoms with van der Waals surface area (Å²) >= 11 is 0. The highest BCUT2D eigenvalue weighted by molar-refractivity contribution is 6.08. The van der Waals surface area contributed by atoms with Gasteiger partial charge in [-0.3, -0.25) is 24.6 Å². The average Bonchev–Trinajstić information content (AvgIpc) is 3.26. The van der Waals surface area contributed by atoms with Gasteiger partial charge in [0.1, 0.15) is 6.04 Å². The van der Waals surface area contributed by atoms with E-state index in [2.05, 4.69) is 10.6 Å². The van der Waals surface area contributed by atoms with Crippen LogP contribution in [0.1, 0.15) is 45.4 Å². The van der Waals surface area contributed by atoms with Gasteiger partial charge in [0.15, 0.2) is 6.61 Å². The van der Waals surface area contributed by atoms with Gasteiger partial charge in [-0.15, -0.1) is 0 Å². The van der Waals surface area contributed by atoms with Crippen LogP contribution in [0.4, 0.5) is 4.79 Å². The first kappa shape index (κ1) is 20.0. The summed E-state index contributed by atoms with van der Waals surface area (Å²) in [5, 5.41) is 4.80. The van der Waals surface area contributed by atoms with E-state index in [0.29, 0.717) is 12.8 Å². The van der Waals surface area contributed by atoms with Crippen LogP contribution in [0, 0.1) is 11.8 Å². The number of imide groups is 2. The van der Waals surface area contributed by atoms with Crippen molar-refractivity contribution in [3.63, 3.8) is 0 Å². The fourth-order valence-corrected chi connectivity index (χ4v) is 4.02. The molecule has 0 radical (unpaired) electrons. The third-order valence-corrected chi connectivity index (χ3v) is 5.56. The lowest BCUT2D eigenvalue weighted by molar-refractivity contribution is -0.159. The second-order valence-corrected chi connectivity index (χ2v) is 7.49. The van der Waals surface area contributed by atoms with E-state index in [9.17, 15) is 24.0 Å². The highest BCUT2D eigenvalue weighted by atomic mass is 16.5. The highest BCUT2D eigenvalue weighted by Gasteiger charge is 2.50. The van der Waals surface area contributed by atoms with E-state index in [-0.39, 0.29) is 17.9 Å². The van der Waals surface area contributed by atoms with Crippen molar-refractivity contribution in [2.24, 2.45) is 11.8 Å². The minimum Gasteiger partial charge on any atom is -0.454 e. The molecule has 5 amide bonds. The lowest BCUT2D eigenvalue weighted by Crippen LogP contribution is -2.47. The highest BCUT2D eigenvalue weighted by Crippen LogP contribution is 2.36. The van der Waals surface area contributed by atoms with Gasteiger partial charge in [0.25, 0.3) is 5.91 Å². The SMILES string of the molecule is C[C@@H](C(=O)OCC(=O)NC(=O)NC1CCCC1)N1C(=O)[C@@H]2CC=CC[C@H]2C1=O. The van der Waals surface area contributed by atoms with E-state index in [1.54, 1.807) is 0 Å². The number of nitrogens with one attached hydrogen (secondary N) is 2. The predicted molar refractivity (Wildman–Crippen MR) is 96.6 cm³/mol. The zero-order valence-electron chi connectivity index (χ0n) is 15.8. The van der Waals surface area contributed by atoms with Crippen LogP contribution < -0.4 is 10.6 Å². The molecule has 152 valence electrons. The van der Waals surface area contributed by atoms with Gasteiger partial charge in [-0.2, -0.15) is 0 Å². The number of likely N-dealkylation sites (tertiary alicyclic amines) is 1. The first-order valence-electron chi connectivity index (χ1n) is 9.67. The molecule has 0 unspecified atom stereocenters. The number of amides is 5. The number of urea groups is 1. The molecule has 2 fully saturated rings. The number of esters is 1. The Morgan fingerprint density at radius 3 is 2.25 bits per heavy atom. The van der Waals surface area contributed by atoms with Gasteiger partial charge in [0.05, 0.1) is 11.8 Å². The van der Waals surface area contributed by atoms with Crippen molar-refractivity contribution in [2.45, 2.75) is 57.5 Å². The van der Waals surface area contributed by atoms with Gasteiger partial charge < -0.3 is 10.1 Å². The van der Waals surface area contributed by atoms with Crippen molar-refractivity contribution in [1.82, 2.24) is 15.5 Å². The maximum Gasteiger partial charge on any atom is 0.329 e. The second kappa shape index (κ2) is 8.53. The van der Waals surface area contributed by atoms with E-state index >= 15 is 0 Å². The van der Waals surface area contributed by atoms with Crippen molar-refractivity contribution in [3.8, 4) is 0 Å². The van der Waals surface area contributed by atoms with Gasteiger partial charge >= 0.3 is 12.0 Å². The second-order valence-electron chi connectivity index (χ2n) is 7.49. The summed E-state index contributed by atoms with van der Waals surface area (Å²) in [7, 11) is 0. The summed E-state index contributed by atoms with van der Waals surface area (Å²) in [6.07, 6.45) is 8.52. The van der Waals surface area contributed by atoms with Crippen LogP contribution in [0.3, 0.4) is 0 Å². The van der Waals surface area contributed by atoms with E-state index in [4.69, 9.17) is 4.74 Å². The predicted octanol–water partition coefficient (Wildman–Crippen LogP) is 0.638. The van der Waals surface area contributed by atoms with Gasteiger partial charge in [-0.25, -0.2) is 9.59 Å². The number of hydrogen-bond acceptors (Lipinski definition) is 6. The molecule has 0 spiro atoms. The van der Waals surface area contributed by atoms with Crippen LogP contribution >= 0.6 is 0 Å². The third-order valence-electron chi connectivity index (χ3n) is 5.56. The molecule has 0 aromatic heterocycles. The van der Waals surface area contributed by atoms with Crippen LogP contribution in [-0.4, -0.2) is 53.3 Å². The number of hydrogen-bond donors (Lipinski definition) is 2. The Morgan fingerprint density at radius 2 is 1.68 bits per heavy atom. The van der Waals surface area contributed by atoms with Crippen molar-refractivity contribution in [1.29, 1.82) is 0 Å². The molecular formula is C19H25N3O6. The molecule has 1 saturated heterocycles. The number of carbonyl (C=O) groups excluding carboxylic acids is 5. The number of carbonyl (C=O) groups is 5. The van der Waals surface area contributed by atoms with Crippen molar-refractivity contribution in [2.75, 3.05) is 6.61 Å². The van der Waals surface area contributed by atoms with Gasteiger partial charge in [-0.1, -0.05) is 25.0 Å². The monoisotopic (exact) mass is 391 g/mol. The quantitative estimate of drug-likeness (QED) is 0.403. The van der Waals surface area contributed by atoms with Crippen molar-refractivity contribution >= 4 is 29.7 Å². The maximum atomic E-state index is 12.5. The smallest absolute Gasteiger partial charge is 0.329 e. The lowest BCUT2D eigenvalue weighted by atomic mass is 9.85. The molecule has 3 aliphatic rings. The lowest BCUT2D eigenvalue weighted by Gasteiger charge is -2.21. The largest absolute Gasteiger partial charge is 0.454 e. The Balaban J connectivity index is 1.46. The molecule has 1 heterocycles. The van der Waals surface area contributed by atoms with Crippen LogP contribution in [0.25, 0.3) is 0 Å². The summed E-state index contributed by atoms with van der Waals surface area (Å²) in [4.78, 5) is 61.7. The standard InChI is InChI=1S/C19H25N3O6/c1-11(22-16(24)13-8-4-5-9-14(13)17(22)25)18(26)28-10-15(23)21-19(27)20-12-6-2-3-7-12/h4-5,11-14H,2-3,6-10H2,1H3,(H2,20,21,23,27)/t11-,13+,14+/m0/s1. The zero-order chi connectivity index (χ0) is 20.3. The van der Waals surface area contributed by atoms with Crippen LogP contribution in [0.5, 0.6) is 0 Å². The topological polar surface area (TPSA) is 122 Å². The minimum atomic E-state index is -1.12. The molecule has 3 rings (SSSR count). The van der Waals surface area contributed by atoms with Gasteiger partial charge in [0, 0.05) is 6.04 Å². The summed E-state index contributed by atoms with van der Waals surface area (Å²) in [5.41, 5.74) is 0. The normalized spacial score (nSPS) is 25.4. The van der Waals surface area contributed by atoms with Gasteiger partial charge in [0.2, 0.25) is 11.8 Å². The Kier molecular flexibility index (Phi) is 6.11. The number of fused-ring (bicyclic) bond motifs is 1. The number of allylic oxidation sites excluding steroid dienone is 2. The Morgan fingerprint density at radius 1 is 1.11 bits per heavy atom. The maximum absolute atomic E-state index is 12.5. The van der Waals surface area contributed by atoms with E-state index in [1.165, 1.54) is 6.92 Å². The van der Waals surface area contributed by atoms with E-state index in [0.717, 1.165) is 30.6 Å². The van der Waals surface area contributed by atoms with Crippen molar-refractivity contribution < 1.29 is 28.7 Å². The molecule has 1 saturated carbocycles. The molecule has 2 aliphatic carbocycles. The molecule has 2 N–H and O–H groups in total. The molecule has 0 aromatic carbocycles. The van der Waals surface area contributed by atoms with Crippen LogP contribution in [-0.2, 0) is 23.9 Å². The Hall–Kier alpha value is -2.71. The Bertz CT molecular complexity index is 686. The average molecular weight is 391 g/mol. The molecular weight excluding hydrogens is 366 g/mol. The summed E-state index contributed by atoms with van der Waals surface area (Å²) in [6, 6.07) is -1.69. The third kappa shape index (κ3) is 4.23. The summed E-state index contributed by atoms with van der Waals surface area (Å²) in [5.74, 6) is -3.27. The first-order chi connectivity index (χ1) is 13.4. The summed E-state index contributed by atoms with van der Waals surface area (Å²) in [6.45, 7) is 0.736. The molecule has 1 aliphatic heterocycles. The summed E-state index contributed by atoms with van der Waals surface area (Å²) < 4.78 is 4.91. The van der Waals surface area contributed by atoms with E-state index in [1.807, 2.05) is 12.2 Å². The molecule has 0 aromatic rings. The number of rotatable bonds is 5. The van der Waals surface area contributed by atoms with Crippen LogP contribution in [0.15, 0.2) is 12.2 Å². The van der Waals surface area contributed by atoms with E-state index < -0.39 is 42.4 Å². The molecule has 3 atom stereocenters. The first-order valence-corrected chi connectivity index (χ1v) is 9.67. The number of ether oxygens (including phenoxy) is 1. The minimum absolute atomic E-state index is 0.0561. The van der Waals surface area contributed by atoms with Gasteiger partial charge in [-0.05, 0) is 32.6 Å². The molecule has 28 heavy (non-hydrogen) atoms. The fraction of sp³-hybridized carbons (Fsp3) is 0.632. The number of nitrogens with zero attached hydrogens (tertiary/aromatic N) is 1. The van der Waals surface area contributed by atoms with Crippen LogP contribution in [0.2, 0.25) is 0 Å².